The Labute approximate surface area is 83.8 Å². The van der Waals surface area contributed by atoms with Crippen molar-refractivity contribution < 1.29 is 9.59 Å². The van der Waals surface area contributed by atoms with Crippen molar-refractivity contribution in [1.82, 2.24) is 15.5 Å². The van der Waals surface area contributed by atoms with Crippen LogP contribution in [0.1, 0.15) is 20.8 Å². The Bertz CT molecular complexity index is 245. The number of nitrogens with one attached hydrogen (secondary N) is 2. The summed E-state index contributed by atoms with van der Waals surface area (Å²) in [5, 5.41) is 5.49. The molecule has 80 valence electrons. The fourth-order valence-corrected chi connectivity index (χ4v) is 1.21. The van der Waals surface area contributed by atoms with Gasteiger partial charge in [0.1, 0.15) is 6.54 Å². The first-order valence-corrected chi connectivity index (χ1v) is 4.72. The standard InChI is InChI=1S/C9H17N3O2/c1-9(2,3)11-8(14)12-5-4-10-7(13)6-12/h4-6H2,1-3H3,(H,10,13)(H,11,14). The molecule has 14 heavy (non-hydrogen) atoms. The Kier molecular flexibility index (Phi) is 2.98. The number of urea groups is 1. The van der Waals surface area contributed by atoms with Gasteiger partial charge in [0.15, 0.2) is 0 Å². The van der Waals surface area contributed by atoms with Crippen molar-refractivity contribution in [2.45, 2.75) is 26.3 Å². The van der Waals surface area contributed by atoms with Gasteiger partial charge < -0.3 is 15.5 Å². The molecule has 0 aromatic carbocycles. The van der Waals surface area contributed by atoms with Crippen LogP contribution in [0.2, 0.25) is 0 Å². The van der Waals surface area contributed by atoms with Crippen molar-refractivity contribution in [1.29, 1.82) is 0 Å². The molecule has 0 radical (unpaired) electrons. The summed E-state index contributed by atoms with van der Waals surface area (Å²) >= 11 is 0. The van der Waals surface area contributed by atoms with Crippen molar-refractivity contribution in [3.05, 3.63) is 0 Å². The molecule has 0 bridgehead atoms. The highest BCUT2D eigenvalue weighted by Gasteiger charge is 2.23. The molecule has 1 saturated heterocycles. The highest BCUT2D eigenvalue weighted by molar-refractivity contribution is 5.85. The fraction of sp³-hybridized carbons (Fsp3) is 0.778. The summed E-state index contributed by atoms with van der Waals surface area (Å²) < 4.78 is 0. The van der Waals surface area contributed by atoms with Crippen LogP contribution in [-0.4, -0.2) is 42.0 Å². The van der Waals surface area contributed by atoms with Gasteiger partial charge in [-0.15, -0.1) is 0 Å². The van der Waals surface area contributed by atoms with E-state index in [2.05, 4.69) is 10.6 Å². The Morgan fingerprint density at radius 1 is 1.50 bits per heavy atom. The zero-order chi connectivity index (χ0) is 10.8. The van der Waals surface area contributed by atoms with Crippen LogP contribution < -0.4 is 10.6 Å². The summed E-state index contributed by atoms with van der Waals surface area (Å²) in [4.78, 5) is 24.1. The van der Waals surface area contributed by atoms with Crippen LogP contribution in [0.25, 0.3) is 0 Å². The van der Waals surface area contributed by atoms with Gasteiger partial charge in [-0.25, -0.2) is 4.79 Å². The van der Waals surface area contributed by atoms with Gasteiger partial charge in [-0.1, -0.05) is 0 Å². The molecule has 0 aliphatic carbocycles. The van der Waals surface area contributed by atoms with Crippen LogP contribution in [0.3, 0.4) is 0 Å². The zero-order valence-electron chi connectivity index (χ0n) is 8.89. The molecule has 0 aromatic rings. The third kappa shape index (κ3) is 3.24. The normalized spacial score (nSPS) is 17.6. The molecule has 1 aliphatic heterocycles. The van der Waals surface area contributed by atoms with Crippen LogP contribution >= 0.6 is 0 Å². The molecule has 0 spiro atoms. The second-order valence-electron chi connectivity index (χ2n) is 4.45. The second-order valence-corrected chi connectivity index (χ2v) is 4.45. The highest BCUT2D eigenvalue weighted by atomic mass is 16.2. The minimum atomic E-state index is -0.259. The number of carbonyl (C=O) groups excluding carboxylic acids is 2. The van der Waals surface area contributed by atoms with Crippen LogP contribution in [0.15, 0.2) is 0 Å². The summed E-state index contributed by atoms with van der Waals surface area (Å²) in [5.41, 5.74) is -0.259. The molecule has 1 rings (SSSR count). The third-order valence-corrected chi connectivity index (χ3v) is 1.81. The SMILES string of the molecule is CC(C)(C)NC(=O)N1CCNC(=O)C1. The monoisotopic (exact) mass is 199 g/mol. The van der Waals surface area contributed by atoms with Gasteiger partial charge in [-0.3, -0.25) is 4.79 Å². The van der Waals surface area contributed by atoms with Crippen LogP contribution in [0.4, 0.5) is 4.79 Å². The number of rotatable bonds is 0. The van der Waals surface area contributed by atoms with Gasteiger partial charge >= 0.3 is 6.03 Å². The van der Waals surface area contributed by atoms with E-state index in [0.29, 0.717) is 13.1 Å². The molecule has 2 N–H and O–H groups in total. The van der Waals surface area contributed by atoms with Crippen molar-refractivity contribution >= 4 is 11.9 Å². The molecular weight excluding hydrogens is 182 g/mol. The maximum atomic E-state index is 11.6. The summed E-state index contributed by atoms with van der Waals surface area (Å²) in [6.45, 7) is 7.00. The van der Waals surface area contributed by atoms with E-state index in [0.717, 1.165) is 0 Å². The molecule has 1 heterocycles. The predicted molar refractivity (Wildman–Crippen MR) is 52.9 cm³/mol. The van der Waals surface area contributed by atoms with E-state index < -0.39 is 0 Å². The number of amides is 3. The Morgan fingerprint density at radius 2 is 2.14 bits per heavy atom. The molecular formula is C9H17N3O2. The lowest BCUT2D eigenvalue weighted by molar-refractivity contribution is -0.123. The molecule has 1 aliphatic rings. The van der Waals surface area contributed by atoms with E-state index >= 15 is 0 Å². The first-order chi connectivity index (χ1) is 6.38. The quantitative estimate of drug-likeness (QED) is 0.573. The third-order valence-electron chi connectivity index (χ3n) is 1.81. The van der Waals surface area contributed by atoms with Crippen molar-refractivity contribution in [3.63, 3.8) is 0 Å². The van der Waals surface area contributed by atoms with Crippen molar-refractivity contribution in [3.8, 4) is 0 Å². The van der Waals surface area contributed by atoms with Crippen LogP contribution in [-0.2, 0) is 4.79 Å². The topological polar surface area (TPSA) is 61.4 Å². The van der Waals surface area contributed by atoms with Gasteiger partial charge in [0.05, 0.1) is 0 Å². The zero-order valence-corrected chi connectivity index (χ0v) is 8.89. The van der Waals surface area contributed by atoms with E-state index in [4.69, 9.17) is 0 Å². The number of carbonyl (C=O) groups is 2. The molecule has 0 atom stereocenters. The van der Waals surface area contributed by atoms with E-state index in [1.165, 1.54) is 4.90 Å². The Hall–Kier alpha value is -1.26. The number of hydrogen-bond acceptors (Lipinski definition) is 2. The first kappa shape index (κ1) is 10.8. The van der Waals surface area contributed by atoms with Gasteiger partial charge in [-0.05, 0) is 20.8 Å². The Balaban J connectivity index is 2.48. The maximum absolute atomic E-state index is 11.6. The largest absolute Gasteiger partial charge is 0.353 e. The van der Waals surface area contributed by atoms with E-state index in [1.54, 1.807) is 0 Å². The lowest BCUT2D eigenvalue weighted by atomic mass is 10.1. The lowest BCUT2D eigenvalue weighted by Crippen LogP contribution is -2.56. The van der Waals surface area contributed by atoms with Gasteiger partial charge in [0, 0.05) is 18.6 Å². The molecule has 0 aromatic heterocycles. The molecule has 0 saturated carbocycles. The first-order valence-electron chi connectivity index (χ1n) is 4.72. The summed E-state index contributed by atoms with van der Waals surface area (Å²) in [5.74, 6) is -0.0969. The number of piperazine rings is 1. The predicted octanol–water partition coefficient (Wildman–Crippen LogP) is -0.0737. The van der Waals surface area contributed by atoms with E-state index in [-0.39, 0.29) is 24.0 Å². The van der Waals surface area contributed by atoms with Gasteiger partial charge in [-0.2, -0.15) is 0 Å². The lowest BCUT2D eigenvalue weighted by Gasteiger charge is -2.30. The minimum Gasteiger partial charge on any atom is -0.353 e. The van der Waals surface area contributed by atoms with Gasteiger partial charge in [0.2, 0.25) is 5.91 Å². The molecule has 1 fully saturated rings. The summed E-state index contributed by atoms with van der Waals surface area (Å²) in [6, 6.07) is -0.174. The summed E-state index contributed by atoms with van der Waals surface area (Å²) in [6.07, 6.45) is 0. The fourth-order valence-electron chi connectivity index (χ4n) is 1.21. The minimum absolute atomic E-state index is 0.0969. The smallest absolute Gasteiger partial charge is 0.318 e. The average Bonchev–Trinajstić information content (AvgIpc) is 2.01. The molecule has 0 unspecified atom stereocenters. The van der Waals surface area contributed by atoms with Gasteiger partial charge in [0.25, 0.3) is 0 Å². The highest BCUT2D eigenvalue weighted by Crippen LogP contribution is 2.02. The maximum Gasteiger partial charge on any atom is 0.318 e. The number of nitrogens with zero attached hydrogens (tertiary/aromatic N) is 1. The molecule has 5 nitrogen and oxygen atoms in total. The molecule has 3 amide bonds. The summed E-state index contributed by atoms with van der Waals surface area (Å²) in [7, 11) is 0. The second kappa shape index (κ2) is 3.86. The average molecular weight is 199 g/mol. The van der Waals surface area contributed by atoms with Crippen molar-refractivity contribution in [2.24, 2.45) is 0 Å². The number of hydrogen-bond donors (Lipinski definition) is 2. The van der Waals surface area contributed by atoms with E-state index in [1.807, 2.05) is 20.8 Å². The van der Waals surface area contributed by atoms with Crippen molar-refractivity contribution in [2.75, 3.05) is 19.6 Å². The van der Waals surface area contributed by atoms with Crippen LogP contribution in [0.5, 0.6) is 0 Å². The van der Waals surface area contributed by atoms with Crippen LogP contribution in [0, 0.1) is 0 Å². The van der Waals surface area contributed by atoms with E-state index in [9.17, 15) is 9.59 Å². The molecule has 5 heteroatoms. The Morgan fingerprint density at radius 3 is 2.64 bits per heavy atom.